The predicted molar refractivity (Wildman–Crippen MR) is 73.5 cm³/mol. The fraction of sp³-hybridized carbons (Fsp3) is 0.364. The fourth-order valence-electron chi connectivity index (χ4n) is 1.76. The van der Waals surface area contributed by atoms with E-state index >= 15 is 0 Å². The topological polar surface area (TPSA) is 121 Å². The summed E-state index contributed by atoms with van der Waals surface area (Å²) in [4.78, 5) is 28.7. The molecule has 0 radical (unpaired) electrons. The van der Waals surface area contributed by atoms with Gasteiger partial charge in [-0.1, -0.05) is 12.1 Å². The second kappa shape index (κ2) is 6.50. The number of carbonyl (C=O) groups is 1. The van der Waals surface area contributed by atoms with Crippen LogP contribution >= 0.6 is 20.0 Å². The summed E-state index contributed by atoms with van der Waals surface area (Å²) in [5.74, 6) is -1.14. The molecule has 1 aromatic carbocycles. The molecule has 1 unspecified atom stereocenters. The molecule has 6 nitrogen and oxygen atoms in total. The minimum absolute atomic E-state index is 0. The van der Waals surface area contributed by atoms with E-state index in [1.807, 2.05) is 0 Å². The lowest BCUT2D eigenvalue weighted by Crippen LogP contribution is -2.22. The van der Waals surface area contributed by atoms with E-state index in [9.17, 15) is 9.36 Å². The Kier molecular flexibility index (Phi) is 6.19. The number of carboxylic acid groups (broad SMARTS) is 1. The Labute approximate surface area is 117 Å². The molecule has 108 valence electrons. The highest BCUT2D eigenvalue weighted by molar-refractivity contribution is 7.50. The van der Waals surface area contributed by atoms with Crippen LogP contribution in [-0.4, -0.2) is 20.9 Å². The molecule has 0 aliphatic heterocycles. The number of hydrogen-bond acceptors (Lipinski definition) is 3. The van der Waals surface area contributed by atoms with E-state index in [-0.39, 0.29) is 18.6 Å². The van der Waals surface area contributed by atoms with Gasteiger partial charge in [-0.25, -0.2) is 0 Å². The lowest BCUT2D eigenvalue weighted by molar-refractivity contribution is -0.138. The molecule has 0 aromatic heterocycles. The Hall–Kier alpha value is -0.910. The van der Waals surface area contributed by atoms with Crippen molar-refractivity contribution in [3.8, 4) is 0 Å². The Bertz CT molecular complexity index is 528. The van der Waals surface area contributed by atoms with Crippen LogP contribution in [0, 0.1) is 13.8 Å². The van der Waals surface area contributed by atoms with Crippen molar-refractivity contribution in [3.05, 3.63) is 34.4 Å². The highest BCUT2D eigenvalue weighted by Gasteiger charge is 2.20. The van der Waals surface area contributed by atoms with Crippen molar-refractivity contribution >= 4 is 26.0 Å². The minimum atomic E-state index is -4.14. The van der Waals surface area contributed by atoms with Gasteiger partial charge in [0.1, 0.15) is 6.04 Å². The first-order chi connectivity index (χ1) is 8.11. The molecule has 19 heavy (non-hydrogen) atoms. The van der Waals surface area contributed by atoms with E-state index in [1.54, 1.807) is 26.0 Å². The summed E-state index contributed by atoms with van der Waals surface area (Å²) in [5.41, 5.74) is 7.72. The number of carboxylic acids is 1. The zero-order valence-corrected chi connectivity index (χ0v) is 12.2. The maximum atomic E-state index is 11.0. The summed E-state index contributed by atoms with van der Waals surface area (Å²) in [6.45, 7) is 3.34. The van der Waals surface area contributed by atoms with Crippen LogP contribution in [-0.2, 0) is 15.5 Å². The van der Waals surface area contributed by atoms with E-state index in [0.717, 1.165) is 0 Å². The molecule has 8 heteroatoms. The average Bonchev–Trinajstić information content (AvgIpc) is 2.19. The van der Waals surface area contributed by atoms with Crippen molar-refractivity contribution in [2.24, 2.45) is 5.73 Å². The second-order valence-electron chi connectivity index (χ2n) is 4.27. The van der Waals surface area contributed by atoms with E-state index in [1.165, 1.54) is 0 Å². The number of hydrogen-bond donors (Lipinski definition) is 4. The van der Waals surface area contributed by atoms with Crippen molar-refractivity contribution in [3.63, 3.8) is 0 Å². The largest absolute Gasteiger partial charge is 0.480 e. The number of rotatable bonds is 4. The van der Waals surface area contributed by atoms with Crippen LogP contribution in [0.2, 0.25) is 0 Å². The van der Waals surface area contributed by atoms with Gasteiger partial charge in [-0.2, -0.15) is 0 Å². The zero-order valence-electron chi connectivity index (χ0n) is 10.5. The molecular weight excluding hydrogens is 293 g/mol. The van der Waals surface area contributed by atoms with Gasteiger partial charge in [-0.3, -0.25) is 9.36 Å². The number of benzene rings is 1. The number of aryl methyl sites for hydroxylation is 2. The molecule has 0 bridgehead atoms. The van der Waals surface area contributed by atoms with Crippen molar-refractivity contribution in [2.45, 2.75) is 26.1 Å². The van der Waals surface area contributed by atoms with Crippen molar-refractivity contribution < 1.29 is 24.3 Å². The third-order valence-corrected chi connectivity index (χ3v) is 3.45. The lowest BCUT2D eigenvalue weighted by Gasteiger charge is -2.15. The average molecular weight is 310 g/mol. The summed E-state index contributed by atoms with van der Waals surface area (Å²) in [6, 6.07) is 2.01. The van der Waals surface area contributed by atoms with Crippen LogP contribution in [0.3, 0.4) is 0 Å². The van der Waals surface area contributed by atoms with Gasteiger partial charge >= 0.3 is 13.6 Å². The van der Waals surface area contributed by atoms with Crippen LogP contribution in [0.1, 0.15) is 28.3 Å². The smallest absolute Gasteiger partial charge is 0.329 e. The molecule has 0 spiro atoms. The Balaban J connectivity index is 0.00000324. The summed E-state index contributed by atoms with van der Waals surface area (Å²) >= 11 is 0. The van der Waals surface area contributed by atoms with Crippen LogP contribution in [0.4, 0.5) is 0 Å². The van der Waals surface area contributed by atoms with Crippen molar-refractivity contribution in [2.75, 3.05) is 0 Å². The van der Waals surface area contributed by atoms with E-state index in [4.69, 9.17) is 20.6 Å². The van der Waals surface area contributed by atoms with Crippen LogP contribution in [0.25, 0.3) is 0 Å². The molecule has 0 heterocycles. The first-order valence-electron chi connectivity index (χ1n) is 5.25. The molecule has 0 aliphatic rings. The Morgan fingerprint density at radius 1 is 1.32 bits per heavy atom. The SMILES string of the molecule is Cc1cc(C(N)C(=O)O)c(C)cc1CP(=O)(O)O.Cl. The molecular formula is C11H17ClNO5P. The Morgan fingerprint density at radius 2 is 1.84 bits per heavy atom. The first-order valence-corrected chi connectivity index (χ1v) is 7.04. The molecule has 5 N–H and O–H groups in total. The van der Waals surface area contributed by atoms with Gasteiger partial charge in [0.25, 0.3) is 0 Å². The molecule has 1 rings (SSSR count). The number of halogens is 1. The number of aliphatic carboxylic acids is 1. The van der Waals surface area contributed by atoms with E-state index in [2.05, 4.69) is 0 Å². The highest BCUT2D eigenvalue weighted by atomic mass is 35.5. The van der Waals surface area contributed by atoms with Gasteiger partial charge in [0, 0.05) is 0 Å². The normalized spacial score (nSPS) is 12.7. The van der Waals surface area contributed by atoms with E-state index < -0.39 is 19.6 Å². The van der Waals surface area contributed by atoms with Gasteiger partial charge in [0.15, 0.2) is 0 Å². The van der Waals surface area contributed by atoms with Crippen LogP contribution < -0.4 is 5.73 Å². The van der Waals surface area contributed by atoms with Gasteiger partial charge in [-0.05, 0) is 36.1 Å². The molecule has 0 saturated heterocycles. The quantitative estimate of drug-likeness (QED) is 0.625. The fourth-order valence-corrected chi connectivity index (χ4v) is 2.54. The van der Waals surface area contributed by atoms with Crippen molar-refractivity contribution in [1.82, 2.24) is 0 Å². The maximum Gasteiger partial charge on any atom is 0.329 e. The minimum Gasteiger partial charge on any atom is -0.480 e. The molecule has 0 fully saturated rings. The summed E-state index contributed by atoms with van der Waals surface area (Å²) < 4.78 is 11.0. The third-order valence-electron chi connectivity index (χ3n) is 2.70. The summed E-state index contributed by atoms with van der Waals surface area (Å²) in [7, 11) is -4.14. The molecule has 1 aromatic rings. The second-order valence-corrected chi connectivity index (χ2v) is 5.92. The maximum absolute atomic E-state index is 11.0. The summed E-state index contributed by atoms with van der Waals surface area (Å²) in [6.07, 6.45) is -0.359. The standard InChI is InChI=1S/C11H16NO5P.ClH/c1-6-4-9(10(12)11(13)14)7(2)3-8(6)5-18(15,16)17;/h3-4,10H,5,12H2,1-2H3,(H,13,14)(H2,15,16,17);1H. The van der Waals surface area contributed by atoms with Crippen molar-refractivity contribution in [1.29, 1.82) is 0 Å². The molecule has 0 aliphatic carbocycles. The molecule has 0 amide bonds. The highest BCUT2D eigenvalue weighted by Crippen LogP contribution is 2.40. The van der Waals surface area contributed by atoms with Gasteiger partial charge in [-0.15, -0.1) is 12.4 Å². The first kappa shape index (κ1) is 18.1. The molecule has 0 saturated carbocycles. The lowest BCUT2D eigenvalue weighted by atomic mass is 9.96. The Morgan fingerprint density at radius 3 is 2.26 bits per heavy atom. The summed E-state index contributed by atoms with van der Waals surface area (Å²) in [5, 5.41) is 8.86. The van der Waals surface area contributed by atoms with E-state index in [0.29, 0.717) is 22.3 Å². The van der Waals surface area contributed by atoms with Crippen LogP contribution in [0.15, 0.2) is 12.1 Å². The predicted octanol–water partition coefficient (Wildman–Crippen LogP) is 1.49. The number of nitrogens with two attached hydrogens (primary N) is 1. The monoisotopic (exact) mass is 309 g/mol. The van der Waals surface area contributed by atoms with Gasteiger partial charge < -0.3 is 20.6 Å². The van der Waals surface area contributed by atoms with Gasteiger partial charge in [0.05, 0.1) is 6.16 Å². The third kappa shape index (κ3) is 4.93. The molecule has 1 atom stereocenters. The van der Waals surface area contributed by atoms with Gasteiger partial charge in [0.2, 0.25) is 0 Å². The zero-order chi connectivity index (χ0) is 14.1. The van der Waals surface area contributed by atoms with Crippen LogP contribution in [0.5, 0.6) is 0 Å².